The molecule has 1 fully saturated rings. The van der Waals surface area contributed by atoms with Crippen molar-refractivity contribution in [2.24, 2.45) is 5.92 Å². The highest BCUT2D eigenvalue weighted by molar-refractivity contribution is 5.92. The van der Waals surface area contributed by atoms with Crippen LogP contribution in [0.15, 0.2) is 16.7 Å². The monoisotopic (exact) mass is 356 g/mol. The van der Waals surface area contributed by atoms with Crippen LogP contribution in [0, 0.1) is 12.8 Å². The lowest BCUT2D eigenvalue weighted by atomic mass is 9.97. The number of likely N-dealkylation sites (tertiary alicyclic amines) is 1. The van der Waals surface area contributed by atoms with Gasteiger partial charge in [-0.15, -0.1) is 5.10 Å². The number of hydrogen-bond acceptors (Lipinski definition) is 6. The fourth-order valence-electron chi connectivity index (χ4n) is 3.68. The Labute approximate surface area is 152 Å². The second kappa shape index (κ2) is 7.43. The number of aromatic nitrogens is 3. The maximum absolute atomic E-state index is 12.4. The summed E-state index contributed by atoms with van der Waals surface area (Å²) in [4.78, 5) is 14.2. The molecular formula is C19H24N4O3. The van der Waals surface area contributed by atoms with Crippen molar-refractivity contribution in [1.29, 1.82) is 0 Å². The Bertz CT molecular complexity index is 781. The molecular weight excluding hydrogens is 332 g/mol. The van der Waals surface area contributed by atoms with E-state index in [-0.39, 0.29) is 5.91 Å². The fraction of sp³-hybridized carbons (Fsp3) is 0.579. The lowest BCUT2D eigenvalue weighted by molar-refractivity contribution is 0.0648. The number of rotatable bonds is 4. The Morgan fingerprint density at radius 1 is 1.23 bits per heavy atom. The molecule has 1 aliphatic heterocycles. The number of fused-ring (bicyclic) bond motifs is 1. The molecule has 0 atom stereocenters. The highest BCUT2D eigenvalue weighted by Crippen LogP contribution is 2.23. The third kappa shape index (κ3) is 3.71. The van der Waals surface area contributed by atoms with E-state index in [1.54, 1.807) is 13.0 Å². The summed E-state index contributed by atoms with van der Waals surface area (Å²) < 4.78 is 10.9. The van der Waals surface area contributed by atoms with Crippen molar-refractivity contribution in [2.75, 3.05) is 19.7 Å². The molecule has 0 bridgehead atoms. The van der Waals surface area contributed by atoms with E-state index < -0.39 is 0 Å². The van der Waals surface area contributed by atoms with Crippen molar-refractivity contribution in [3.8, 4) is 5.88 Å². The van der Waals surface area contributed by atoms with Crippen LogP contribution in [0.1, 0.15) is 53.2 Å². The summed E-state index contributed by atoms with van der Waals surface area (Å²) in [5, 5.41) is 12.3. The first-order chi connectivity index (χ1) is 12.7. The van der Waals surface area contributed by atoms with Gasteiger partial charge < -0.3 is 14.2 Å². The fourth-order valence-corrected chi connectivity index (χ4v) is 3.68. The summed E-state index contributed by atoms with van der Waals surface area (Å²) in [7, 11) is 0. The van der Waals surface area contributed by atoms with Gasteiger partial charge in [0.1, 0.15) is 5.76 Å². The highest BCUT2D eigenvalue weighted by Gasteiger charge is 2.26. The van der Waals surface area contributed by atoms with Crippen molar-refractivity contribution >= 4 is 5.91 Å². The largest absolute Gasteiger partial charge is 0.476 e. The molecule has 1 saturated heterocycles. The van der Waals surface area contributed by atoms with Crippen LogP contribution in [0.2, 0.25) is 0 Å². The molecule has 2 aromatic rings. The van der Waals surface area contributed by atoms with E-state index in [0.29, 0.717) is 42.9 Å². The Morgan fingerprint density at radius 2 is 2.04 bits per heavy atom. The average Bonchev–Trinajstić information content (AvgIpc) is 3.12. The van der Waals surface area contributed by atoms with Gasteiger partial charge in [0.2, 0.25) is 5.88 Å². The smallest absolute Gasteiger partial charge is 0.276 e. The van der Waals surface area contributed by atoms with Gasteiger partial charge in [0, 0.05) is 25.2 Å². The van der Waals surface area contributed by atoms with Crippen LogP contribution in [0.4, 0.5) is 0 Å². The summed E-state index contributed by atoms with van der Waals surface area (Å²) >= 11 is 0. The van der Waals surface area contributed by atoms with Crippen molar-refractivity contribution < 1.29 is 14.1 Å². The van der Waals surface area contributed by atoms with E-state index in [1.807, 2.05) is 11.0 Å². The Balaban J connectivity index is 1.27. The van der Waals surface area contributed by atoms with Gasteiger partial charge in [-0.25, -0.2) is 0 Å². The van der Waals surface area contributed by atoms with E-state index in [1.165, 1.54) is 18.4 Å². The zero-order valence-corrected chi connectivity index (χ0v) is 15.1. The Hall–Kier alpha value is -2.44. The number of hydrogen-bond donors (Lipinski definition) is 0. The molecule has 0 N–H and O–H groups in total. The minimum Gasteiger partial charge on any atom is -0.476 e. The summed E-state index contributed by atoms with van der Waals surface area (Å²) in [6, 6.07) is 3.74. The SMILES string of the molecule is Cc1cc(C(=O)N2CCC(COc3cc4c(nn3)CCCC4)CC2)no1. The molecule has 0 spiro atoms. The summed E-state index contributed by atoms with van der Waals surface area (Å²) in [5.41, 5.74) is 2.80. The zero-order chi connectivity index (χ0) is 17.9. The molecule has 2 aromatic heterocycles. The topological polar surface area (TPSA) is 81.4 Å². The second-order valence-electron chi connectivity index (χ2n) is 7.23. The predicted molar refractivity (Wildman–Crippen MR) is 94.0 cm³/mol. The van der Waals surface area contributed by atoms with Crippen molar-refractivity contribution in [3.63, 3.8) is 0 Å². The summed E-state index contributed by atoms with van der Waals surface area (Å²) in [5.74, 6) is 1.66. The molecule has 4 rings (SSSR count). The van der Waals surface area contributed by atoms with E-state index in [0.717, 1.165) is 31.4 Å². The first-order valence-electron chi connectivity index (χ1n) is 9.40. The quantitative estimate of drug-likeness (QED) is 0.837. The predicted octanol–water partition coefficient (Wildman–Crippen LogP) is 2.58. The number of carbonyl (C=O) groups is 1. The lowest BCUT2D eigenvalue weighted by Crippen LogP contribution is -2.39. The lowest BCUT2D eigenvalue weighted by Gasteiger charge is -2.31. The molecule has 1 aliphatic carbocycles. The molecule has 2 aliphatic rings. The van der Waals surface area contributed by atoms with Crippen LogP contribution in [0.25, 0.3) is 0 Å². The molecule has 0 aromatic carbocycles. The third-order valence-corrected chi connectivity index (χ3v) is 5.26. The molecule has 0 saturated carbocycles. The number of piperidine rings is 1. The van der Waals surface area contributed by atoms with Crippen molar-refractivity contribution in [1.82, 2.24) is 20.3 Å². The maximum Gasteiger partial charge on any atom is 0.276 e. The van der Waals surface area contributed by atoms with Crippen LogP contribution in [-0.2, 0) is 12.8 Å². The van der Waals surface area contributed by atoms with E-state index in [2.05, 4.69) is 15.4 Å². The summed E-state index contributed by atoms with van der Waals surface area (Å²) in [6.07, 6.45) is 6.36. The minimum absolute atomic E-state index is 0.0539. The van der Waals surface area contributed by atoms with Gasteiger partial charge in [-0.3, -0.25) is 4.79 Å². The molecule has 7 heteroatoms. The third-order valence-electron chi connectivity index (χ3n) is 5.26. The molecule has 26 heavy (non-hydrogen) atoms. The van der Waals surface area contributed by atoms with Gasteiger partial charge in [-0.05, 0) is 56.9 Å². The van der Waals surface area contributed by atoms with E-state index in [9.17, 15) is 4.79 Å². The molecule has 7 nitrogen and oxygen atoms in total. The number of amides is 1. The molecule has 1 amide bonds. The van der Waals surface area contributed by atoms with E-state index >= 15 is 0 Å². The van der Waals surface area contributed by atoms with Gasteiger partial charge >= 0.3 is 0 Å². The minimum atomic E-state index is -0.0539. The van der Waals surface area contributed by atoms with E-state index in [4.69, 9.17) is 9.26 Å². The first kappa shape index (κ1) is 17.0. The Kier molecular flexibility index (Phi) is 4.86. The van der Waals surface area contributed by atoms with Crippen LogP contribution in [-0.4, -0.2) is 45.9 Å². The molecule has 0 radical (unpaired) electrons. The van der Waals surface area contributed by atoms with Gasteiger partial charge in [-0.1, -0.05) is 5.16 Å². The second-order valence-corrected chi connectivity index (χ2v) is 7.23. The molecule has 138 valence electrons. The van der Waals surface area contributed by atoms with Gasteiger partial charge in [0.15, 0.2) is 5.69 Å². The van der Waals surface area contributed by atoms with Crippen LogP contribution in [0.3, 0.4) is 0 Å². The number of carbonyl (C=O) groups excluding carboxylic acids is 1. The normalized spacial score (nSPS) is 17.8. The van der Waals surface area contributed by atoms with Crippen LogP contribution < -0.4 is 4.74 Å². The summed E-state index contributed by atoms with van der Waals surface area (Å²) in [6.45, 7) is 3.85. The zero-order valence-electron chi connectivity index (χ0n) is 15.1. The van der Waals surface area contributed by atoms with Crippen LogP contribution >= 0.6 is 0 Å². The Morgan fingerprint density at radius 3 is 2.81 bits per heavy atom. The maximum atomic E-state index is 12.4. The number of nitrogens with zero attached hydrogens (tertiary/aromatic N) is 4. The van der Waals surface area contributed by atoms with Crippen molar-refractivity contribution in [2.45, 2.75) is 45.4 Å². The molecule has 0 unspecified atom stereocenters. The van der Waals surface area contributed by atoms with Gasteiger partial charge in [-0.2, -0.15) is 5.10 Å². The van der Waals surface area contributed by atoms with Crippen LogP contribution in [0.5, 0.6) is 5.88 Å². The van der Waals surface area contributed by atoms with Gasteiger partial charge in [0.05, 0.1) is 12.3 Å². The van der Waals surface area contributed by atoms with Gasteiger partial charge in [0.25, 0.3) is 5.91 Å². The number of ether oxygens (including phenoxy) is 1. The first-order valence-corrected chi connectivity index (χ1v) is 9.40. The standard InChI is InChI=1S/C19H24N4O3/c1-13-10-17(22-26-13)19(24)23-8-6-14(7-9-23)12-25-18-11-15-4-2-3-5-16(15)20-21-18/h10-11,14H,2-9,12H2,1H3. The highest BCUT2D eigenvalue weighted by atomic mass is 16.5. The number of aryl methyl sites for hydroxylation is 3. The van der Waals surface area contributed by atoms with Crippen molar-refractivity contribution in [3.05, 3.63) is 34.8 Å². The molecule has 3 heterocycles. The average molecular weight is 356 g/mol.